The Morgan fingerprint density at radius 2 is 1.96 bits per heavy atom. The maximum absolute atomic E-state index is 13.0. The number of esters is 1. The van der Waals surface area contributed by atoms with Crippen molar-refractivity contribution >= 4 is 35.9 Å². The van der Waals surface area contributed by atoms with Gasteiger partial charge in [0.05, 0.1) is 19.1 Å². The third-order valence-corrected chi connectivity index (χ3v) is 2.90. The van der Waals surface area contributed by atoms with Gasteiger partial charge < -0.3 is 15.4 Å². The number of carbonyl (C=O) groups is 1. The first-order valence-electron chi connectivity index (χ1n) is 6.65. The number of hydrogen-bond acceptors (Lipinski definition) is 3. The van der Waals surface area contributed by atoms with Crippen molar-refractivity contribution in [3.8, 4) is 0 Å². The number of rotatable bonds is 5. The van der Waals surface area contributed by atoms with E-state index in [4.69, 9.17) is 0 Å². The van der Waals surface area contributed by atoms with Crippen molar-refractivity contribution in [1.82, 2.24) is 10.6 Å². The number of methoxy groups -OCH3 is 1. The summed E-state index contributed by atoms with van der Waals surface area (Å²) in [6.07, 6.45) is -4.57. The summed E-state index contributed by atoms with van der Waals surface area (Å²) >= 11 is 0. The molecule has 0 radical (unpaired) electrons. The van der Waals surface area contributed by atoms with Crippen LogP contribution in [0.5, 0.6) is 0 Å². The van der Waals surface area contributed by atoms with Crippen LogP contribution in [0.3, 0.4) is 0 Å². The molecule has 0 aliphatic carbocycles. The van der Waals surface area contributed by atoms with Gasteiger partial charge in [-0.05, 0) is 17.7 Å². The number of alkyl halides is 3. The van der Waals surface area contributed by atoms with E-state index in [1.54, 1.807) is 0 Å². The molecule has 1 rings (SSSR count). The van der Waals surface area contributed by atoms with Crippen molar-refractivity contribution in [3.63, 3.8) is 0 Å². The van der Waals surface area contributed by atoms with Crippen LogP contribution in [-0.4, -0.2) is 32.6 Å². The van der Waals surface area contributed by atoms with Crippen molar-refractivity contribution in [2.24, 2.45) is 4.99 Å². The summed E-state index contributed by atoms with van der Waals surface area (Å²) in [5, 5.41) is 5.43. The zero-order valence-electron chi connectivity index (χ0n) is 13.0. The Labute approximate surface area is 153 Å². The molecule has 1 aromatic rings. The van der Waals surface area contributed by atoms with Crippen molar-refractivity contribution in [2.45, 2.75) is 19.1 Å². The van der Waals surface area contributed by atoms with Crippen LogP contribution >= 0.6 is 24.0 Å². The first-order valence-corrected chi connectivity index (χ1v) is 6.65. The second-order valence-corrected chi connectivity index (χ2v) is 4.48. The number of aliphatic imine (C=N–C) groups is 1. The Morgan fingerprint density at radius 3 is 2.50 bits per heavy atom. The molecule has 0 unspecified atom stereocenters. The lowest BCUT2D eigenvalue weighted by Gasteiger charge is -2.15. The Kier molecular flexibility index (Phi) is 9.63. The lowest BCUT2D eigenvalue weighted by atomic mass is 10.1. The molecule has 0 aliphatic rings. The third kappa shape index (κ3) is 7.32. The summed E-state index contributed by atoms with van der Waals surface area (Å²) in [4.78, 5) is 14.8. The van der Waals surface area contributed by atoms with Crippen LogP contribution in [-0.2, 0) is 22.3 Å². The van der Waals surface area contributed by atoms with Crippen LogP contribution in [0.2, 0.25) is 0 Å². The number of nitrogens with one attached hydrogen (secondary N) is 2. The number of carbonyl (C=O) groups excluding carboxylic acids is 1. The molecule has 1 aromatic carbocycles. The summed E-state index contributed by atoms with van der Waals surface area (Å²) in [7, 11) is 2.69. The van der Waals surface area contributed by atoms with Gasteiger partial charge in [0.25, 0.3) is 0 Å². The summed E-state index contributed by atoms with van der Waals surface area (Å²) in [5.74, 6) is -1.17. The molecule has 0 aromatic heterocycles. The van der Waals surface area contributed by atoms with E-state index in [2.05, 4.69) is 20.4 Å². The molecule has 0 saturated heterocycles. The van der Waals surface area contributed by atoms with Crippen LogP contribution in [0.4, 0.5) is 17.6 Å². The predicted molar refractivity (Wildman–Crippen MR) is 91.7 cm³/mol. The van der Waals surface area contributed by atoms with Crippen molar-refractivity contribution < 1.29 is 27.1 Å². The van der Waals surface area contributed by atoms with Gasteiger partial charge in [0.1, 0.15) is 5.82 Å². The smallest absolute Gasteiger partial charge is 0.416 e. The maximum Gasteiger partial charge on any atom is 0.416 e. The van der Waals surface area contributed by atoms with Crippen molar-refractivity contribution in [3.05, 3.63) is 35.1 Å². The maximum atomic E-state index is 13.0. The second-order valence-electron chi connectivity index (χ2n) is 4.48. The van der Waals surface area contributed by atoms with Gasteiger partial charge in [-0.3, -0.25) is 9.79 Å². The van der Waals surface area contributed by atoms with Gasteiger partial charge in [-0.2, -0.15) is 13.2 Å². The minimum absolute atomic E-state index is 0. The summed E-state index contributed by atoms with van der Waals surface area (Å²) < 4.78 is 56.1. The molecular weight excluding hydrogens is 445 g/mol. The van der Waals surface area contributed by atoms with Crippen molar-refractivity contribution in [1.29, 1.82) is 0 Å². The largest absolute Gasteiger partial charge is 0.469 e. The van der Waals surface area contributed by atoms with Gasteiger partial charge in [0, 0.05) is 20.1 Å². The van der Waals surface area contributed by atoms with E-state index in [1.807, 2.05) is 0 Å². The molecule has 0 bridgehead atoms. The van der Waals surface area contributed by atoms with Gasteiger partial charge in [-0.25, -0.2) is 4.39 Å². The minimum Gasteiger partial charge on any atom is -0.469 e. The van der Waals surface area contributed by atoms with Crippen LogP contribution in [0, 0.1) is 5.82 Å². The Morgan fingerprint density at radius 1 is 1.29 bits per heavy atom. The number of halogens is 5. The van der Waals surface area contributed by atoms with E-state index >= 15 is 0 Å². The fourth-order valence-electron chi connectivity index (χ4n) is 1.75. The number of benzene rings is 1. The third-order valence-electron chi connectivity index (χ3n) is 2.90. The summed E-state index contributed by atoms with van der Waals surface area (Å²) in [6, 6.07) is 2.47. The monoisotopic (exact) mass is 463 g/mol. The van der Waals surface area contributed by atoms with E-state index in [0.29, 0.717) is 6.07 Å². The molecule has 0 heterocycles. The van der Waals surface area contributed by atoms with E-state index in [0.717, 1.165) is 12.1 Å². The van der Waals surface area contributed by atoms with E-state index in [9.17, 15) is 22.4 Å². The molecule has 5 nitrogen and oxygen atoms in total. The topological polar surface area (TPSA) is 62.7 Å². The first-order chi connectivity index (χ1) is 10.8. The number of hydrogen-bond donors (Lipinski definition) is 2. The van der Waals surface area contributed by atoms with E-state index in [-0.39, 0.29) is 55.0 Å². The van der Waals surface area contributed by atoms with Crippen LogP contribution in [0.25, 0.3) is 0 Å². The van der Waals surface area contributed by atoms with Gasteiger partial charge in [-0.1, -0.05) is 6.07 Å². The molecule has 0 amide bonds. The molecule has 0 atom stereocenters. The Hall–Kier alpha value is -1.59. The molecule has 0 aliphatic heterocycles. The molecule has 10 heteroatoms. The number of ether oxygens (including phenoxy) is 1. The lowest BCUT2D eigenvalue weighted by molar-refractivity contribution is -0.140. The van der Waals surface area contributed by atoms with Crippen LogP contribution in [0.15, 0.2) is 23.2 Å². The van der Waals surface area contributed by atoms with Crippen LogP contribution < -0.4 is 10.6 Å². The predicted octanol–water partition coefficient (Wildman–Crippen LogP) is 2.69. The number of nitrogens with zero attached hydrogens (tertiary/aromatic N) is 1. The quantitative estimate of drug-likeness (QED) is 0.232. The van der Waals surface area contributed by atoms with E-state index < -0.39 is 23.5 Å². The highest BCUT2D eigenvalue weighted by Crippen LogP contribution is 2.32. The fraction of sp³-hybridized carbons (Fsp3) is 0.429. The fourth-order valence-corrected chi connectivity index (χ4v) is 1.75. The Balaban J connectivity index is 0.00000529. The van der Waals surface area contributed by atoms with Gasteiger partial charge >= 0.3 is 12.1 Å². The standard InChI is InChI=1S/C14H17F4N3O2.HI/c1-19-13(20-6-5-12(22)23-2)21-8-9-3-4-10(15)7-11(9)14(16,17)18;/h3-4,7H,5-6,8H2,1-2H3,(H2,19,20,21);1H. The highest BCUT2D eigenvalue weighted by Gasteiger charge is 2.33. The molecule has 0 fully saturated rings. The highest BCUT2D eigenvalue weighted by atomic mass is 127. The number of guanidine groups is 1. The summed E-state index contributed by atoms with van der Waals surface area (Å²) in [5.41, 5.74) is -1.16. The summed E-state index contributed by atoms with van der Waals surface area (Å²) in [6.45, 7) is 0.00884. The highest BCUT2D eigenvalue weighted by molar-refractivity contribution is 14.0. The van der Waals surface area contributed by atoms with Gasteiger partial charge in [0.2, 0.25) is 0 Å². The van der Waals surface area contributed by atoms with Gasteiger partial charge in [0.15, 0.2) is 5.96 Å². The normalized spacial score (nSPS) is 11.5. The second kappa shape index (κ2) is 10.3. The van der Waals surface area contributed by atoms with Gasteiger partial charge in [-0.15, -0.1) is 24.0 Å². The first kappa shape index (κ1) is 22.4. The average Bonchev–Trinajstić information content (AvgIpc) is 2.50. The molecule has 0 spiro atoms. The van der Waals surface area contributed by atoms with Crippen LogP contribution in [0.1, 0.15) is 17.5 Å². The average molecular weight is 463 g/mol. The molecular formula is C14H18F4IN3O2. The van der Waals surface area contributed by atoms with E-state index in [1.165, 1.54) is 14.2 Å². The lowest BCUT2D eigenvalue weighted by Crippen LogP contribution is -2.38. The molecule has 0 saturated carbocycles. The van der Waals surface area contributed by atoms with Crippen molar-refractivity contribution in [2.75, 3.05) is 20.7 Å². The molecule has 2 N–H and O–H groups in total. The zero-order valence-corrected chi connectivity index (χ0v) is 15.4. The SMILES string of the molecule is CN=C(NCCC(=O)OC)NCc1ccc(F)cc1C(F)(F)F.I. The molecule has 24 heavy (non-hydrogen) atoms. The zero-order chi connectivity index (χ0) is 17.5. The molecule has 136 valence electrons. The minimum atomic E-state index is -4.65. The Bertz CT molecular complexity index is 580.